The third-order valence-corrected chi connectivity index (χ3v) is 5.18. The van der Waals surface area contributed by atoms with E-state index in [2.05, 4.69) is 22.0 Å². The highest BCUT2D eigenvalue weighted by molar-refractivity contribution is 9.10. The Morgan fingerprint density at radius 2 is 1.91 bits per heavy atom. The molecule has 3 aromatic carbocycles. The monoisotopic (exact) mass is 496 g/mol. The number of hydrogen-bond acceptors (Lipinski definition) is 5. The van der Waals surface area contributed by atoms with E-state index in [1.54, 1.807) is 42.5 Å². The Morgan fingerprint density at radius 3 is 2.59 bits per heavy atom. The maximum absolute atomic E-state index is 13.9. The lowest BCUT2D eigenvalue weighted by molar-refractivity contribution is -0.384. The SMILES string of the molecule is CCOc1cc(/C=C(/C#N)c2cccc([N+](=O)[O-])c2)c(Br)cc1OCc1ccccc1F. The molecule has 8 heteroatoms. The van der Waals surface area contributed by atoms with Crippen molar-refractivity contribution in [3.8, 4) is 17.6 Å². The van der Waals surface area contributed by atoms with E-state index >= 15 is 0 Å². The van der Waals surface area contributed by atoms with E-state index < -0.39 is 4.92 Å². The van der Waals surface area contributed by atoms with Gasteiger partial charge in [0.25, 0.3) is 5.69 Å². The van der Waals surface area contributed by atoms with Crippen LogP contribution in [0.1, 0.15) is 23.6 Å². The van der Waals surface area contributed by atoms with E-state index in [1.165, 1.54) is 24.3 Å². The lowest BCUT2D eigenvalue weighted by Crippen LogP contribution is -2.02. The molecule has 162 valence electrons. The van der Waals surface area contributed by atoms with Gasteiger partial charge in [0, 0.05) is 22.2 Å². The molecule has 32 heavy (non-hydrogen) atoms. The number of ether oxygens (including phenoxy) is 2. The van der Waals surface area contributed by atoms with E-state index in [1.807, 2.05) is 6.92 Å². The molecule has 0 spiro atoms. The smallest absolute Gasteiger partial charge is 0.270 e. The van der Waals surface area contributed by atoms with Crippen molar-refractivity contribution in [2.45, 2.75) is 13.5 Å². The zero-order chi connectivity index (χ0) is 23.1. The molecule has 0 heterocycles. The summed E-state index contributed by atoms with van der Waals surface area (Å²) in [7, 11) is 0. The van der Waals surface area contributed by atoms with Crippen LogP contribution in [0.25, 0.3) is 11.6 Å². The van der Waals surface area contributed by atoms with Gasteiger partial charge >= 0.3 is 0 Å². The number of nitrogens with zero attached hydrogens (tertiary/aromatic N) is 2. The van der Waals surface area contributed by atoms with Gasteiger partial charge in [-0.25, -0.2) is 4.39 Å². The van der Waals surface area contributed by atoms with Crippen LogP contribution in [-0.2, 0) is 6.61 Å². The molecule has 0 amide bonds. The minimum absolute atomic E-state index is 0.0193. The Balaban J connectivity index is 1.95. The molecule has 0 N–H and O–H groups in total. The van der Waals surface area contributed by atoms with Crippen LogP contribution in [0.2, 0.25) is 0 Å². The average molecular weight is 497 g/mol. The topological polar surface area (TPSA) is 85.4 Å². The van der Waals surface area contributed by atoms with Crippen LogP contribution in [0.4, 0.5) is 10.1 Å². The molecule has 0 aliphatic rings. The normalized spacial score (nSPS) is 11.0. The summed E-state index contributed by atoms with van der Waals surface area (Å²) in [5.41, 5.74) is 1.60. The predicted octanol–water partition coefficient (Wildman–Crippen LogP) is 6.54. The standard InChI is InChI=1S/C24H18BrFN2O4/c1-2-31-23-12-18(10-19(14-27)16-7-5-8-20(11-16)28(29)30)21(25)13-24(23)32-15-17-6-3-4-9-22(17)26/h3-13H,2,15H2,1H3/b19-10-. The number of benzene rings is 3. The summed E-state index contributed by atoms with van der Waals surface area (Å²) in [5, 5.41) is 20.7. The lowest BCUT2D eigenvalue weighted by Gasteiger charge is -2.14. The van der Waals surface area contributed by atoms with E-state index in [0.717, 1.165) is 0 Å². The maximum atomic E-state index is 13.9. The number of allylic oxidation sites excluding steroid dienone is 1. The van der Waals surface area contributed by atoms with Gasteiger partial charge in [-0.3, -0.25) is 10.1 Å². The summed E-state index contributed by atoms with van der Waals surface area (Å²) in [6.07, 6.45) is 1.60. The average Bonchev–Trinajstić information content (AvgIpc) is 2.79. The van der Waals surface area contributed by atoms with E-state index in [0.29, 0.717) is 39.3 Å². The van der Waals surface area contributed by atoms with Crippen molar-refractivity contribution in [2.24, 2.45) is 0 Å². The van der Waals surface area contributed by atoms with Crippen LogP contribution < -0.4 is 9.47 Å². The lowest BCUT2D eigenvalue weighted by atomic mass is 10.0. The predicted molar refractivity (Wildman–Crippen MR) is 123 cm³/mol. The molecule has 0 atom stereocenters. The number of non-ortho nitro benzene ring substituents is 1. The van der Waals surface area contributed by atoms with Gasteiger partial charge in [-0.05, 0) is 42.3 Å². The molecular formula is C24H18BrFN2O4. The van der Waals surface area contributed by atoms with Crippen LogP contribution in [0.15, 0.2) is 65.1 Å². The summed E-state index contributed by atoms with van der Waals surface area (Å²) >= 11 is 3.47. The van der Waals surface area contributed by atoms with Crippen molar-refractivity contribution in [2.75, 3.05) is 6.61 Å². The fourth-order valence-electron chi connectivity index (χ4n) is 2.94. The highest BCUT2D eigenvalue weighted by Gasteiger charge is 2.14. The number of rotatable bonds is 8. The summed E-state index contributed by atoms with van der Waals surface area (Å²) in [6.45, 7) is 2.21. The van der Waals surface area contributed by atoms with E-state index in [9.17, 15) is 19.8 Å². The second-order valence-corrected chi connectivity index (χ2v) is 7.47. The minimum Gasteiger partial charge on any atom is -0.490 e. The second-order valence-electron chi connectivity index (χ2n) is 6.61. The number of halogens is 2. The molecule has 0 unspecified atom stereocenters. The van der Waals surface area contributed by atoms with Crippen LogP contribution in [0, 0.1) is 27.3 Å². The fourth-order valence-corrected chi connectivity index (χ4v) is 3.37. The zero-order valence-corrected chi connectivity index (χ0v) is 18.6. The minimum atomic E-state index is -0.511. The molecule has 0 bridgehead atoms. The van der Waals surface area contributed by atoms with Gasteiger partial charge in [0.15, 0.2) is 11.5 Å². The van der Waals surface area contributed by atoms with E-state index in [-0.39, 0.29) is 23.7 Å². The number of nitro benzene ring substituents is 1. The van der Waals surface area contributed by atoms with Gasteiger partial charge in [-0.15, -0.1) is 0 Å². The number of nitriles is 1. The third-order valence-electron chi connectivity index (χ3n) is 4.49. The summed E-state index contributed by atoms with van der Waals surface area (Å²) < 4.78 is 26.0. The van der Waals surface area contributed by atoms with Crippen molar-refractivity contribution < 1.29 is 18.8 Å². The number of hydrogen-bond donors (Lipinski definition) is 0. The first-order chi connectivity index (χ1) is 15.4. The summed E-state index contributed by atoms with van der Waals surface area (Å²) in [6, 6.07) is 17.7. The first kappa shape index (κ1) is 23.0. The molecule has 3 aromatic rings. The Kier molecular flexibility index (Phi) is 7.58. The number of nitro groups is 1. The molecule has 3 rings (SSSR count). The van der Waals surface area contributed by atoms with Crippen LogP contribution in [0.5, 0.6) is 11.5 Å². The highest BCUT2D eigenvalue weighted by Crippen LogP contribution is 2.36. The van der Waals surface area contributed by atoms with E-state index in [4.69, 9.17) is 9.47 Å². The summed E-state index contributed by atoms with van der Waals surface area (Å²) in [4.78, 5) is 10.5. The van der Waals surface area contributed by atoms with Crippen molar-refractivity contribution in [1.82, 2.24) is 0 Å². The maximum Gasteiger partial charge on any atom is 0.270 e. The Hall–Kier alpha value is -3.70. The molecule has 0 saturated heterocycles. The van der Waals surface area contributed by atoms with Gasteiger partial charge in [0.05, 0.1) is 23.2 Å². The van der Waals surface area contributed by atoms with Gasteiger partial charge < -0.3 is 9.47 Å². The molecule has 0 fully saturated rings. The largest absolute Gasteiger partial charge is 0.490 e. The molecule has 0 aliphatic heterocycles. The summed E-state index contributed by atoms with van der Waals surface area (Å²) in [5.74, 6) is 0.474. The molecular weight excluding hydrogens is 479 g/mol. The van der Waals surface area contributed by atoms with Gasteiger partial charge in [-0.2, -0.15) is 5.26 Å². The van der Waals surface area contributed by atoms with Crippen LogP contribution in [0.3, 0.4) is 0 Å². The first-order valence-corrected chi connectivity index (χ1v) is 10.4. The fraction of sp³-hybridized carbons (Fsp3) is 0.125. The molecule has 6 nitrogen and oxygen atoms in total. The Bertz CT molecular complexity index is 1220. The van der Waals surface area contributed by atoms with Crippen LogP contribution >= 0.6 is 15.9 Å². The van der Waals surface area contributed by atoms with Crippen molar-refractivity contribution in [3.05, 3.63) is 97.8 Å². The molecule has 0 saturated carbocycles. The van der Waals surface area contributed by atoms with Gasteiger partial charge in [0.2, 0.25) is 0 Å². The van der Waals surface area contributed by atoms with Crippen molar-refractivity contribution >= 4 is 33.3 Å². The third kappa shape index (κ3) is 5.50. The van der Waals surface area contributed by atoms with Crippen molar-refractivity contribution in [1.29, 1.82) is 5.26 Å². The van der Waals surface area contributed by atoms with Crippen molar-refractivity contribution in [3.63, 3.8) is 0 Å². The quantitative estimate of drug-likeness (QED) is 0.153. The Labute approximate surface area is 192 Å². The second kappa shape index (κ2) is 10.6. The molecule has 0 aliphatic carbocycles. The van der Waals surface area contributed by atoms with Crippen LogP contribution in [-0.4, -0.2) is 11.5 Å². The zero-order valence-electron chi connectivity index (χ0n) is 17.0. The molecule has 0 aromatic heterocycles. The highest BCUT2D eigenvalue weighted by atomic mass is 79.9. The Morgan fingerprint density at radius 1 is 1.16 bits per heavy atom. The molecule has 0 radical (unpaired) electrons. The van der Waals surface area contributed by atoms with Gasteiger partial charge in [-0.1, -0.05) is 46.3 Å². The van der Waals surface area contributed by atoms with Gasteiger partial charge in [0.1, 0.15) is 12.4 Å². The first-order valence-electron chi connectivity index (χ1n) is 9.62.